The molecule has 0 N–H and O–H groups in total. The van der Waals surface area contributed by atoms with Gasteiger partial charge in [0.05, 0.1) is 5.56 Å². The Kier molecular flexibility index (Phi) is 6.04. The maximum atomic E-state index is 13.4. The molecular formula is C24H18F2N2O2S. The molecule has 0 aliphatic heterocycles. The summed E-state index contributed by atoms with van der Waals surface area (Å²) in [7, 11) is 1.70. The minimum atomic E-state index is -0.917. The van der Waals surface area contributed by atoms with Crippen molar-refractivity contribution in [1.29, 1.82) is 0 Å². The highest BCUT2D eigenvalue weighted by Crippen LogP contribution is 2.33. The normalized spacial score (nSPS) is 10.7. The molecule has 7 heteroatoms. The second kappa shape index (κ2) is 9.06. The van der Waals surface area contributed by atoms with Crippen LogP contribution in [0.25, 0.3) is 10.6 Å². The minimum absolute atomic E-state index is 0.0715. The number of hydrogen-bond donors (Lipinski definition) is 0. The topological polar surface area (TPSA) is 42.4 Å². The summed E-state index contributed by atoms with van der Waals surface area (Å²) in [5.41, 5.74) is 2.34. The fourth-order valence-corrected chi connectivity index (χ4v) is 3.82. The van der Waals surface area contributed by atoms with Gasteiger partial charge in [-0.25, -0.2) is 13.8 Å². The van der Waals surface area contributed by atoms with Crippen LogP contribution in [0.1, 0.15) is 16.1 Å². The van der Waals surface area contributed by atoms with Crippen LogP contribution in [0.3, 0.4) is 0 Å². The van der Waals surface area contributed by atoms with Crippen LogP contribution in [0.15, 0.2) is 78.2 Å². The number of carbonyl (C=O) groups is 1. The maximum Gasteiger partial charge on any atom is 0.277 e. The second-order valence-corrected chi connectivity index (χ2v) is 7.63. The van der Waals surface area contributed by atoms with E-state index in [1.165, 1.54) is 17.4 Å². The van der Waals surface area contributed by atoms with E-state index in [9.17, 15) is 13.6 Å². The number of aromatic nitrogens is 1. The number of ether oxygens (including phenoxy) is 1. The number of anilines is 1. The lowest BCUT2D eigenvalue weighted by molar-refractivity contribution is 0.0989. The van der Waals surface area contributed by atoms with Crippen molar-refractivity contribution in [2.24, 2.45) is 0 Å². The monoisotopic (exact) mass is 436 g/mol. The molecule has 0 unspecified atom stereocenters. The Bertz CT molecular complexity index is 1210. The van der Waals surface area contributed by atoms with Crippen LogP contribution in [0.2, 0.25) is 0 Å². The first-order chi connectivity index (χ1) is 15.0. The Hall–Kier alpha value is -3.58. The summed E-state index contributed by atoms with van der Waals surface area (Å²) in [6.45, 7) is 0.0715. The van der Waals surface area contributed by atoms with E-state index in [2.05, 4.69) is 4.98 Å². The van der Waals surface area contributed by atoms with Gasteiger partial charge in [-0.1, -0.05) is 36.4 Å². The lowest BCUT2D eigenvalue weighted by Gasteiger charge is -2.15. The number of benzene rings is 3. The predicted octanol–water partition coefficient (Wildman–Crippen LogP) is 5.94. The van der Waals surface area contributed by atoms with Crippen molar-refractivity contribution >= 4 is 22.9 Å². The van der Waals surface area contributed by atoms with Crippen LogP contribution in [0.5, 0.6) is 5.75 Å². The molecule has 1 aromatic heterocycles. The summed E-state index contributed by atoms with van der Waals surface area (Å²) in [6, 6.07) is 20.3. The zero-order valence-corrected chi connectivity index (χ0v) is 17.4. The van der Waals surface area contributed by atoms with Gasteiger partial charge < -0.3 is 9.64 Å². The van der Waals surface area contributed by atoms with Gasteiger partial charge in [0.2, 0.25) is 0 Å². The van der Waals surface area contributed by atoms with Gasteiger partial charge >= 0.3 is 0 Å². The van der Waals surface area contributed by atoms with Crippen molar-refractivity contribution in [3.63, 3.8) is 0 Å². The summed E-state index contributed by atoms with van der Waals surface area (Å²) in [5.74, 6) is -1.49. The molecule has 156 valence electrons. The molecule has 4 rings (SSSR count). The first-order valence-electron chi connectivity index (χ1n) is 9.47. The van der Waals surface area contributed by atoms with E-state index in [4.69, 9.17) is 4.74 Å². The fraction of sp³-hybridized carbons (Fsp3) is 0.0833. The smallest absolute Gasteiger partial charge is 0.277 e. The largest absolute Gasteiger partial charge is 0.488 e. The lowest BCUT2D eigenvalue weighted by atomic mass is 10.2. The van der Waals surface area contributed by atoms with Crippen LogP contribution in [-0.4, -0.2) is 17.9 Å². The highest BCUT2D eigenvalue weighted by Gasteiger charge is 2.19. The van der Waals surface area contributed by atoms with Gasteiger partial charge in [0.1, 0.15) is 23.1 Å². The second-order valence-electron chi connectivity index (χ2n) is 6.77. The van der Waals surface area contributed by atoms with Crippen LogP contribution in [0, 0.1) is 11.6 Å². The Morgan fingerprint density at radius 2 is 1.74 bits per heavy atom. The van der Waals surface area contributed by atoms with Crippen molar-refractivity contribution in [1.82, 2.24) is 4.98 Å². The third kappa shape index (κ3) is 4.62. The molecule has 0 radical (unpaired) electrons. The highest BCUT2D eigenvalue weighted by molar-refractivity contribution is 7.13. The number of rotatable bonds is 6. The molecule has 1 amide bonds. The molecule has 0 atom stereocenters. The number of nitrogens with zero attached hydrogens (tertiary/aromatic N) is 2. The molecule has 0 aliphatic rings. The van der Waals surface area contributed by atoms with E-state index >= 15 is 0 Å². The molecule has 0 spiro atoms. The van der Waals surface area contributed by atoms with Crippen LogP contribution >= 0.6 is 11.3 Å². The molecule has 0 aliphatic carbocycles. The number of hydrogen-bond acceptors (Lipinski definition) is 4. The predicted molar refractivity (Wildman–Crippen MR) is 117 cm³/mol. The molecule has 4 nitrogen and oxygen atoms in total. The molecule has 31 heavy (non-hydrogen) atoms. The van der Waals surface area contributed by atoms with Gasteiger partial charge in [0, 0.05) is 18.1 Å². The molecule has 0 bridgehead atoms. The van der Waals surface area contributed by atoms with Gasteiger partial charge in [-0.15, -0.1) is 11.3 Å². The number of thiazole rings is 1. The minimum Gasteiger partial charge on any atom is -0.488 e. The third-order valence-electron chi connectivity index (χ3n) is 4.67. The summed E-state index contributed by atoms with van der Waals surface area (Å²) in [6.07, 6.45) is 0. The molecule has 0 saturated carbocycles. The average Bonchev–Trinajstić information content (AvgIpc) is 3.30. The van der Waals surface area contributed by atoms with E-state index in [-0.39, 0.29) is 12.5 Å². The fourth-order valence-electron chi connectivity index (χ4n) is 3.00. The molecule has 0 saturated heterocycles. The van der Waals surface area contributed by atoms with Crippen molar-refractivity contribution < 1.29 is 18.3 Å². The Morgan fingerprint density at radius 3 is 2.52 bits per heavy atom. The molecular weight excluding hydrogens is 418 g/mol. The Balaban J connectivity index is 1.53. The third-order valence-corrected chi connectivity index (χ3v) is 5.54. The van der Waals surface area contributed by atoms with Gasteiger partial charge in [0.15, 0.2) is 11.6 Å². The number of halogens is 2. The highest BCUT2D eigenvalue weighted by atomic mass is 32.1. The summed E-state index contributed by atoms with van der Waals surface area (Å²) < 4.78 is 32.4. The van der Waals surface area contributed by atoms with Gasteiger partial charge in [-0.3, -0.25) is 4.79 Å². The van der Waals surface area contributed by atoms with E-state index < -0.39 is 11.6 Å². The standard InChI is InChI=1S/C24H18F2N2O2S/c1-28(17-7-3-2-4-8-17)24(29)21-15-31-23(27-21)18-9-5-6-10-22(18)30-14-16-11-12-19(25)20(26)13-16/h2-13,15H,14H2,1H3. The van der Waals surface area contributed by atoms with Crippen molar-refractivity contribution in [2.45, 2.75) is 6.61 Å². The molecule has 4 aromatic rings. The Labute approximate surface area is 182 Å². The summed E-state index contributed by atoms with van der Waals surface area (Å²) in [4.78, 5) is 18.9. The first kappa shape index (κ1) is 20.7. The molecule has 3 aromatic carbocycles. The van der Waals surface area contributed by atoms with Crippen molar-refractivity contribution in [2.75, 3.05) is 11.9 Å². The number of para-hydroxylation sites is 2. The van der Waals surface area contributed by atoms with E-state index in [1.54, 1.807) is 23.4 Å². The molecule has 0 fully saturated rings. The quantitative estimate of drug-likeness (QED) is 0.375. The Morgan fingerprint density at radius 1 is 1.00 bits per heavy atom. The first-order valence-corrected chi connectivity index (χ1v) is 10.4. The van der Waals surface area contributed by atoms with E-state index in [0.717, 1.165) is 23.4 Å². The van der Waals surface area contributed by atoms with Crippen LogP contribution < -0.4 is 9.64 Å². The molecule has 1 heterocycles. The summed E-state index contributed by atoms with van der Waals surface area (Å²) in [5, 5.41) is 2.34. The van der Waals surface area contributed by atoms with Crippen LogP contribution in [0.4, 0.5) is 14.5 Å². The zero-order chi connectivity index (χ0) is 21.8. The van der Waals surface area contributed by atoms with Crippen LogP contribution in [-0.2, 0) is 6.61 Å². The van der Waals surface area contributed by atoms with Crippen molar-refractivity contribution in [3.8, 4) is 16.3 Å². The summed E-state index contributed by atoms with van der Waals surface area (Å²) >= 11 is 1.34. The van der Waals surface area contributed by atoms with Gasteiger partial charge in [-0.05, 0) is 42.0 Å². The number of amides is 1. The zero-order valence-electron chi connectivity index (χ0n) is 16.6. The van der Waals surface area contributed by atoms with Gasteiger partial charge in [-0.2, -0.15) is 0 Å². The van der Waals surface area contributed by atoms with Crippen molar-refractivity contribution in [3.05, 3.63) is 101 Å². The van der Waals surface area contributed by atoms with E-state index in [0.29, 0.717) is 22.0 Å². The SMILES string of the molecule is CN(C(=O)c1csc(-c2ccccc2OCc2ccc(F)c(F)c2)n1)c1ccccc1. The maximum absolute atomic E-state index is 13.4. The van der Waals surface area contributed by atoms with E-state index in [1.807, 2.05) is 48.5 Å². The average molecular weight is 436 g/mol. The van der Waals surface area contributed by atoms with Gasteiger partial charge in [0.25, 0.3) is 5.91 Å². The lowest BCUT2D eigenvalue weighted by Crippen LogP contribution is -2.26. The number of carbonyl (C=O) groups excluding carboxylic acids is 1.